The third kappa shape index (κ3) is 4.49. The summed E-state index contributed by atoms with van der Waals surface area (Å²) in [4.78, 5) is 0. The van der Waals surface area contributed by atoms with E-state index in [1.54, 1.807) is 27.7 Å². The van der Waals surface area contributed by atoms with Gasteiger partial charge in [0.2, 0.25) is 0 Å². The first kappa shape index (κ1) is 16.1. The summed E-state index contributed by atoms with van der Waals surface area (Å²) >= 11 is 0. The molecular formula is C9H22N4O3S. The molecule has 0 saturated heterocycles. The van der Waals surface area contributed by atoms with Crippen molar-refractivity contribution in [1.29, 1.82) is 0 Å². The van der Waals surface area contributed by atoms with E-state index in [1.165, 1.54) is 0 Å². The van der Waals surface area contributed by atoms with E-state index in [0.717, 1.165) is 0 Å². The van der Waals surface area contributed by atoms with Crippen molar-refractivity contribution < 1.29 is 13.6 Å². The smallest absolute Gasteiger partial charge is 0.278 e. The van der Waals surface area contributed by atoms with E-state index in [9.17, 15) is 8.42 Å². The quantitative estimate of drug-likeness (QED) is 0.227. The molecule has 0 heterocycles. The highest BCUT2D eigenvalue weighted by atomic mass is 32.2. The highest BCUT2D eigenvalue weighted by Crippen LogP contribution is 2.16. The van der Waals surface area contributed by atoms with Crippen LogP contribution < -0.4 is 15.2 Å². The van der Waals surface area contributed by atoms with E-state index < -0.39 is 15.7 Å². The largest absolute Gasteiger partial charge is 0.409 e. The highest BCUT2D eigenvalue weighted by molar-refractivity contribution is 7.87. The van der Waals surface area contributed by atoms with Gasteiger partial charge in [-0.3, -0.25) is 0 Å². The van der Waals surface area contributed by atoms with Crippen molar-refractivity contribution in [2.45, 2.75) is 52.1 Å². The van der Waals surface area contributed by atoms with E-state index in [0.29, 0.717) is 12.8 Å². The van der Waals surface area contributed by atoms with Crippen molar-refractivity contribution >= 4 is 16.0 Å². The normalized spacial score (nSPS) is 14.3. The number of amidine groups is 1. The van der Waals surface area contributed by atoms with Gasteiger partial charge in [0.05, 0.1) is 5.54 Å². The van der Waals surface area contributed by atoms with Crippen LogP contribution in [0.4, 0.5) is 0 Å². The van der Waals surface area contributed by atoms with Crippen LogP contribution in [0.3, 0.4) is 0 Å². The van der Waals surface area contributed by atoms with Gasteiger partial charge in [-0.2, -0.15) is 17.9 Å². The maximum atomic E-state index is 11.8. The Morgan fingerprint density at radius 1 is 1.41 bits per heavy atom. The maximum Gasteiger partial charge on any atom is 0.278 e. The van der Waals surface area contributed by atoms with E-state index in [2.05, 4.69) is 14.6 Å². The predicted molar refractivity (Wildman–Crippen MR) is 67.0 cm³/mol. The van der Waals surface area contributed by atoms with E-state index in [-0.39, 0.29) is 11.9 Å². The second-order valence-corrected chi connectivity index (χ2v) is 5.60. The van der Waals surface area contributed by atoms with E-state index in [4.69, 9.17) is 10.9 Å². The minimum atomic E-state index is -3.69. The molecule has 0 spiro atoms. The molecule has 102 valence electrons. The lowest BCUT2D eigenvalue weighted by Gasteiger charge is -2.31. The molecule has 0 atom stereocenters. The van der Waals surface area contributed by atoms with Crippen molar-refractivity contribution in [2.75, 3.05) is 0 Å². The second kappa shape index (κ2) is 6.18. The van der Waals surface area contributed by atoms with Crippen molar-refractivity contribution in [3.05, 3.63) is 0 Å². The molecule has 0 aromatic carbocycles. The summed E-state index contributed by atoms with van der Waals surface area (Å²) in [7, 11) is -3.69. The van der Waals surface area contributed by atoms with Crippen LogP contribution >= 0.6 is 0 Å². The number of nitrogens with one attached hydrogen (secondary N) is 2. The first-order valence-corrected chi connectivity index (χ1v) is 7.00. The molecule has 0 saturated carbocycles. The number of hydrogen-bond acceptors (Lipinski definition) is 4. The Balaban J connectivity index is 5.14. The number of nitrogens with zero attached hydrogens (tertiary/aromatic N) is 1. The summed E-state index contributed by atoms with van der Waals surface area (Å²) in [6.45, 7) is 6.95. The fraction of sp³-hybridized carbons (Fsp3) is 0.889. The Kier molecular flexibility index (Phi) is 5.86. The first-order chi connectivity index (χ1) is 7.73. The molecule has 0 radical (unpaired) electrons. The van der Waals surface area contributed by atoms with Crippen LogP contribution in [0.15, 0.2) is 5.16 Å². The highest BCUT2D eigenvalue weighted by Gasteiger charge is 2.36. The topological polar surface area (TPSA) is 117 Å². The monoisotopic (exact) mass is 266 g/mol. The molecule has 0 aromatic rings. The summed E-state index contributed by atoms with van der Waals surface area (Å²) < 4.78 is 28.4. The molecule has 7 nitrogen and oxygen atoms in total. The fourth-order valence-electron chi connectivity index (χ4n) is 1.50. The zero-order valence-electron chi connectivity index (χ0n) is 10.7. The zero-order valence-corrected chi connectivity index (χ0v) is 11.5. The summed E-state index contributed by atoms with van der Waals surface area (Å²) in [6, 6.07) is -0.230. The van der Waals surface area contributed by atoms with Gasteiger partial charge >= 0.3 is 0 Å². The Bertz CT molecular complexity index is 360. The fourth-order valence-corrected chi connectivity index (χ4v) is 3.09. The van der Waals surface area contributed by atoms with Gasteiger partial charge in [-0.15, -0.1) is 0 Å². The standard InChI is InChI=1S/C9H22N4O3S/c1-5-9(6-2,8(10)11-14)13-17(15,16)12-7(3)4/h7,12-14H,5-6H2,1-4H3,(H2,10,11). The molecule has 0 amide bonds. The maximum absolute atomic E-state index is 11.8. The first-order valence-electron chi connectivity index (χ1n) is 5.52. The third-order valence-electron chi connectivity index (χ3n) is 2.53. The van der Waals surface area contributed by atoms with Gasteiger partial charge < -0.3 is 10.9 Å². The van der Waals surface area contributed by atoms with Crippen LogP contribution in [0.1, 0.15) is 40.5 Å². The van der Waals surface area contributed by atoms with Crippen molar-refractivity contribution in [1.82, 2.24) is 9.44 Å². The van der Waals surface area contributed by atoms with Gasteiger partial charge in [-0.25, -0.2) is 0 Å². The summed E-state index contributed by atoms with van der Waals surface area (Å²) in [5.74, 6) is -0.142. The Morgan fingerprint density at radius 2 is 1.88 bits per heavy atom. The van der Waals surface area contributed by atoms with Gasteiger partial charge in [0, 0.05) is 6.04 Å². The SMILES string of the molecule is CCC(CC)(NS(=O)(=O)NC(C)C)C(N)=NO. The predicted octanol–water partition coefficient (Wildman–Crippen LogP) is 0.124. The molecule has 0 bridgehead atoms. The zero-order chi connectivity index (χ0) is 13.7. The van der Waals surface area contributed by atoms with Gasteiger partial charge in [-0.1, -0.05) is 19.0 Å². The number of nitrogens with two attached hydrogens (primary N) is 1. The average molecular weight is 266 g/mol. The Hall–Kier alpha value is -0.860. The Morgan fingerprint density at radius 3 is 2.18 bits per heavy atom. The van der Waals surface area contributed by atoms with Crippen molar-refractivity contribution in [3.63, 3.8) is 0 Å². The van der Waals surface area contributed by atoms with Crippen molar-refractivity contribution in [3.8, 4) is 0 Å². The van der Waals surface area contributed by atoms with Gasteiger partial charge in [0.25, 0.3) is 10.2 Å². The second-order valence-electron chi connectivity index (χ2n) is 4.15. The average Bonchev–Trinajstić information content (AvgIpc) is 2.23. The molecule has 17 heavy (non-hydrogen) atoms. The molecule has 8 heteroatoms. The molecule has 0 unspecified atom stereocenters. The molecule has 0 aromatic heterocycles. The van der Waals surface area contributed by atoms with Gasteiger partial charge in [0.1, 0.15) is 0 Å². The molecule has 0 aliphatic heterocycles. The molecule has 0 rings (SSSR count). The molecule has 0 aliphatic rings. The van der Waals surface area contributed by atoms with Crippen LogP contribution in [0, 0.1) is 0 Å². The van der Waals surface area contributed by atoms with Gasteiger partial charge in [0.15, 0.2) is 5.84 Å². The van der Waals surface area contributed by atoms with Crippen LogP contribution in [-0.4, -0.2) is 31.0 Å². The van der Waals surface area contributed by atoms with E-state index >= 15 is 0 Å². The van der Waals surface area contributed by atoms with Crippen LogP contribution in [-0.2, 0) is 10.2 Å². The summed E-state index contributed by atoms with van der Waals surface area (Å²) in [5.41, 5.74) is 4.50. The lowest BCUT2D eigenvalue weighted by Crippen LogP contribution is -2.59. The van der Waals surface area contributed by atoms with Crippen LogP contribution in [0.5, 0.6) is 0 Å². The van der Waals surface area contributed by atoms with Crippen LogP contribution in [0.2, 0.25) is 0 Å². The molecular weight excluding hydrogens is 244 g/mol. The van der Waals surface area contributed by atoms with E-state index in [1.807, 2.05) is 0 Å². The number of rotatable bonds is 7. The minimum absolute atomic E-state index is 0.142. The lowest BCUT2D eigenvalue weighted by molar-refractivity contribution is 0.307. The lowest BCUT2D eigenvalue weighted by atomic mass is 9.93. The summed E-state index contributed by atoms with van der Waals surface area (Å²) in [5, 5.41) is 11.6. The van der Waals surface area contributed by atoms with Gasteiger partial charge in [-0.05, 0) is 26.7 Å². The molecule has 5 N–H and O–H groups in total. The van der Waals surface area contributed by atoms with Crippen LogP contribution in [0.25, 0.3) is 0 Å². The number of oxime groups is 1. The van der Waals surface area contributed by atoms with Crippen molar-refractivity contribution in [2.24, 2.45) is 10.9 Å². The minimum Gasteiger partial charge on any atom is -0.409 e. The number of hydrogen-bond donors (Lipinski definition) is 4. The molecule has 0 fully saturated rings. The summed E-state index contributed by atoms with van der Waals surface area (Å²) in [6.07, 6.45) is 0.775. The molecule has 0 aliphatic carbocycles. The third-order valence-corrected chi connectivity index (χ3v) is 3.97. The Labute approximate surface area is 103 Å².